The first kappa shape index (κ1) is 30.7. The molecular formula is C32H37Cl2NO6. The van der Waals surface area contributed by atoms with Crippen LogP contribution >= 0.6 is 23.2 Å². The average molecular weight is 603 g/mol. The van der Waals surface area contributed by atoms with Crippen molar-refractivity contribution in [1.29, 1.82) is 0 Å². The van der Waals surface area contributed by atoms with E-state index in [1.807, 2.05) is 62.9 Å². The summed E-state index contributed by atoms with van der Waals surface area (Å²) in [4.78, 5) is 15.6. The summed E-state index contributed by atoms with van der Waals surface area (Å²) in [5, 5.41) is 0.855. The topological polar surface area (TPSA) is 66.5 Å². The van der Waals surface area contributed by atoms with E-state index in [-0.39, 0.29) is 18.6 Å². The first-order chi connectivity index (χ1) is 19.9. The number of fused-ring (bicyclic) bond motifs is 1. The second kappa shape index (κ2) is 14.6. The highest BCUT2D eigenvalue weighted by Gasteiger charge is 2.33. The molecule has 0 saturated heterocycles. The zero-order valence-electron chi connectivity index (χ0n) is 24.0. The molecular weight excluding hydrogens is 565 g/mol. The molecule has 4 rings (SSSR count). The number of halogens is 2. The van der Waals surface area contributed by atoms with Crippen molar-refractivity contribution >= 4 is 29.1 Å². The van der Waals surface area contributed by atoms with E-state index in [1.165, 1.54) is 0 Å². The van der Waals surface area contributed by atoms with Crippen LogP contribution < -0.4 is 23.7 Å². The third kappa shape index (κ3) is 7.52. The van der Waals surface area contributed by atoms with E-state index >= 15 is 0 Å². The zero-order valence-corrected chi connectivity index (χ0v) is 25.5. The number of nitrogens with zero attached hydrogens (tertiary/aromatic N) is 1. The fourth-order valence-electron chi connectivity index (χ4n) is 5.02. The molecule has 3 aromatic carbocycles. The van der Waals surface area contributed by atoms with E-state index < -0.39 is 0 Å². The molecule has 1 aliphatic rings. The van der Waals surface area contributed by atoms with Crippen molar-refractivity contribution in [2.24, 2.45) is 0 Å². The monoisotopic (exact) mass is 601 g/mol. The lowest BCUT2D eigenvalue weighted by Crippen LogP contribution is -2.43. The summed E-state index contributed by atoms with van der Waals surface area (Å²) in [7, 11) is 0. The zero-order chi connectivity index (χ0) is 29.4. The summed E-state index contributed by atoms with van der Waals surface area (Å²) >= 11 is 12.3. The van der Waals surface area contributed by atoms with Gasteiger partial charge in [0, 0.05) is 11.6 Å². The quantitative estimate of drug-likeness (QED) is 0.204. The van der Waals surface area contributed by atoms with Crippen molar-refractivity contribution in [2.45, 2.75) is 46.6 Å². The summed E-state index contributed by atoms with van der Waals surface area (Å²) in [6.07, 6.45) is 1.24. The van der Waals surface area contributed by atoms with Gasteiger partial charge in [0.15, 0.2) is 29.6 Å². The Balaban J connectivity index is 1.69. The van der Waals surface area contributed by atoms with E-state index in [2.05, 4.69) is 0 Å². The minimum absolute atomic E-state index is 0.144. The number of benzene rings is 3. The van der Waals surface area contributed by atoms with Gasteiger partial charge in [-0.3, -0.25) is 4.79 Å². The van der Waals surface area contributed by atoms with Crippen LogP contribution in [-0.4, -0.2) is 50.4 Å². The van der Waals surface area contributed by atoms with Crippen LogP contribution in [0, 0.1) is 0 Å². The van der Waals surface area contributed by atoms with Gasteiger partial charge < -0.3 is 28.6 Å². The van der Waals surface area contributed by atoms with E-state index in [4.69, 9.17) is 46.9 Å². The lowest BCUT2D eigenvalue weighted by Gasteiger charge is -2.38. The summed E-state index contributed by atoms with van der Waals surface area (Å²) in [5.41, 5.74) is 3.16. The van der Waals surface area contributed by atoms with Crippen molar-refractivity contribution in [3.63, 3.8) is 0 Å². The Hall–Kier alpha value is -3.29. The summed E-state index contributed by atoms with van der Waals surface area (Å²) < 4.78 is 29.3. The van der Waals surface area contributed by atoms with Gasteiger partial charge in [-0.15, -0.1) is 0 Å². The van der Waals surface area contributed by atoms with Crippen molar-refractivity contribution in [3.8, 4) is 28.7 Å². The number of rotatable bonds is 13. The molecule has 0 unspecified atom stereocenters. The number of carbonyl (C=O) groups excluding carboxylic acids is 1. The van der Waals surface area contributed by atoms with E-state index in [9.17, 15) is 4.79 Å². The van der Waals surface area contributed by atoms with Crippen LogP contribution in [0.5, 0.6) is 28.7 Å². The normalized spacial score (nSPS) is 14.3. The van der Waals surface area contributed by atoms with Crippen molar-refractivity contribution in [3.05, 3.63) is 75.3 Å². The molecule has 1 aliphatic heterocycles. The summed E-state index contributed by atoms with van der Waals surface area (Å²) in [5.74, 6) is 3.03. The minimum atomic E-state index is -0.266. The molecule has 0 aromatic heterocycles. The maximum atomic E-state index is 13.7. The highest BCUT2D eigenvalue weighted by Crippen LogP contribution is 2.41. The minimum Gasteiger partial charge on any atom is -0.490 e. The van der Waals surface area contributed by atoms with Gasteiger partial charge in [0.05, 0.1) is 37.5 Å². The van der Waals surface area contributed by atoms with Gasteiger partial charge in [0.2, 0.25) is 0 Å². The molecule has 0 aliphatic carbocycles. The van der Waals surface area contributed by atoms with Crippen molar-refractivity contribution < 1.29 is 28.5 Å². The fourth-order valence-corrected chi connectivity index (χ4v) is 5.49. The fraction of sp³-hybridized carbons (Fsp3) is 0.406. The molecule has 0 fully saturated rings. The Morgan fingerprint density at radius 2 is 1.37 bits per heavy atom. The average Bonchev–Trinajstić information content (AvgIpc) is 2.95. The highest BCUT2D eigenvalue weighted by molar-refractivity contribution is 6.35. The molecule has 1 atom stereocenters. The lowest BCUT2D eigenvalue weighted by atomic mass is 9.88. The van der Waals surface area contributed by atoms with Crippen LogP contribution in [0.3, 0.4) is 0 Å². The van der Waals surface area contributed by atoms with Gasteiger partial charge in [0.25, 0.3) is 5.91 Å². The smallest absolute Gasteiger partial charge is 0.261 e. The van der Waals surface area contributed by atoms with E-state index in [0.29, 0.717) is 84.6 Å². The molecule has 0 radical (unpaired) electrons. The SMILES string of the molecule is CCOc1ccc(C[C@@H]2c3cc(OCC)c(OCC)cc3CCN2C(=O)COc2ccc(Cl)cc2Cl)cc1OCC. The molecule has 1 amide bonds. The maximum Gasteiger partial charge on any atom is 0.261 e. The predicted molar refractivity (Wildman–Crippen MR) is 161 cm³/mol. The Bertz CT molecular complexity index is 1350. The number of amides is 1. The number of ether oxygens (including phenoxy) is 5. The van der Waals surface area contributed by atoms with Crippen molar-refractivity contribution in [2.75, 3.05) is 39.6 Å². The molecule has 7 nitrogen and oxygen atoms in total. The molecule has 0 bridgehead atoms. The highest BCUT2D eigenvalue weighted by atomic mass is 35.5. The van der Waals surface area contributed by atoms with Crippen LogP contribution in [0.25, 0.3) is 0 Å². The third-order valence-corrected chi connectivity index (χ3v) is 7.30. The molecule has 0 N–H and O–H groups in total. The molecule has 41 heavy (non-hydrogen) atoms. The van der Waals surface area contributed by atoms with Crippen LogP contribution in [0.1, 0.15) is 50.4 Å². The Morgan fingerprint density at radius 3 is 2.02 bits per heavy atom. The van der Waals surface area contributed by atoms with Crippen LogP contribution in [0.2, 0.25) is 10.0 Å². The standard InChI is InChI=1S/C32H37Cl2NO6/c1-5-37-28-11-9-21(16-29(28)38-6-2)15-26-24-19-31(40-8-4)30(39-7-3)17-22(24)13-14-35(26)32(36)20-41-27-12-10-23(33)18-25(27)34/h9-12,16-19,26H,5-8,13-15,20H2,1-4H3/t26-/m1/s1. The Kier molecular flexibility index (Phi) is 10.9. The Morgan fingerprint density at radius 1 is 0.756 bits per heavy atom. The molecule has 0 spiro atoms. The Labute approximate surface area is 252 Å². The van der Waals surface area contributed by atoms with Gasteiger partial charge >= 0.3 is 0 Å². The maximum absolute atomic E-state index is 13.7. The summed E-state index contributed by atoms with van der Waals surface area (Å²) in [6, 6.07) is 14.7. The predicted octanol–water partition coefficient (Wildman–Crippen LogP) is 7.34. The van der Waals surface area contributed by atoms with Gasteiger partial charge in [-0.1, -0.05) is 29.3 Å². The largest absolute Gasteiger partial charge is 0.490 e. The number of hydrogen-bond acceptors (Lipinski definition) is 6. The van der Waals surface area contributed by atoms with Gasteiger partial charge in [0.1, 0.15) is 5.75 Å². The van der Waals surface area contributed by atoms with Crippen molar-refractivity contribution in [1.82, 2.24) is 4.90 Å². The number of carbonyl (C=O) groups is 1. The second-order valence-corrected chi connectivity index (χ2v) is 10.3. The molecule has 1 heterocycles. The first-order valence-corrected chi connectivity index (χ1v) is 14.8. The third-order valence-electron chi connectivity index (χ3n) is 6.76. The second-order valence-electron chi connectivity index (χ2n) is 9.43. The van der Waals surface area contributed by atoms with E-state index in [1.54, 1.807) is 18.2 Å². The number of hydrogen-bond donors (Lipinski definition) is 0. The molecule has 9 heteroatoms. The molecule has 220 valence electrons. The molecule has 0 saturated carbocycles. The van der Waals surface area contributed by atoms with Gasteiger partial charge in [-0.25, -0.2) is 0 Å². The van der Waals surface area contributed by atoms with Crippen LogP contribution in [0.4, 0.5) is 0 Å². The van der Waals surface area contributed by atoms with Gasteiger partial charge in [-0.2, -0.15) is 0 Å². The van der Waals surface area contributed by atoms with Crippen LogP contribution in [-0.2, 0) is 17.6 Å². The summed E-state index contributed by atoms with van der Waals surface area (Å²) in [6.45, 7) is 10.2. The lowest BCUT2D eigenvalue weighted by molar-refractivity contribution is -0.136. The van der Waals surface area contributed by atoms with Gasteiger partial charge in [-0.05, 0) is 99.7 Å². The van der Waals surface area contributed by atoms with E-state index in [0.717, 1.165) is 16.7 Å². The van der Waals surface area contributed by atoms with Crippen LogP contribution in [0.15, 0.2) is 48.5 Å². The first-order valence-electron chi connectivity index (χ1n) is 14.1. The molecule has 3 aromatic rings.